The monoisotopic (exact) mass is 956 g/mol. The van der Waals surface area contributed by atoms with Crippen LogP contribution in [0.4, 0.5) is 0 Å². The summed E-state index contributed by atoms with van der Waals surface area (Å²) in [4.78, 5) is 15.4. The van der Waals surface area contributed by atoms with E-state index in [0.29, 0.717) is 17.5 Å². The third-order valence-electron chi connectivity index (χ3n) is 14.9. The zero-order chi connectivity index (χ0) is 49.4. The van der Waals surface area contributed by atoms with Gasteiger partial charge in [0.25, 0.3) is 0 Å². The molecule has 0 fully saturated rings. The second-order valence-electron chi connectivity index (χ2n) is 19.2. The molecule has 0 atom stereocenters. The molecule has 0 N–H and O–H groups in total. The van der Waals surface area contributed by atoms with Crippen molar-refractivity contribution in [2.75, 3.05) is 0 Å². The van der Waals surface area contributed by atoms with E-state index in [2.05, 4.69) is 244 Å². The molecule has 11 aromatic carbocycles. The lowest BCUT2D eigenvalue weighted by molar-refractivity contribution is 1.07. The number of hydrogen-bond donors (Lipinski definition) is 0. The highest BCUT2D eigenvalue weighted by Crippen LogP contribution is 2.42. The van der Waals surface area contributed by atoms with E-state index < -0.39 is 0 Å². The van der Waals surface area contributed by atoms with E-state index in [1.54, 1.807) is 0 Å². The van der Waals surface area contributed by atoms with Crippen molar-refractivity contribution in [3.05, 3.63) is 267 Å². The van der Waals surface area contributed by atoms with Gasteiger partial charge < -0.3 is 13.7 Å². The predicted octanol–water partition coefficient (Wildman–Crippen LogP) is 17.5. The highest BCUT2D eigenvalue weighted by atomic mass is 15.0. The van der Waals surface area contributed by atoms with Crippen LogP contribution in [0, 0.1) is 0 Å². The molecule has 75 heavy (non-hydrogen) atoms. The van der Waals surface area contributed by atoms with Gasteiger partial charge in [0.2, 0.25) is 0 Å². The molecule has 0 unspecified atom stereocenters. The van der Waals surface area contributed by atoms with E-state index in [4.69, 9.17) is 15.0 Å². The van der Waals surface area contributed by atoms with Gasteiger partial charge in [0, 0.05) is 65.9 Å². The van der Waals surface area contributed by atoms with E-state index in [-0.39, 0.29) is 0 Å². The first kappa shape index (κ1) is 42.5. The summed E-state index contributed by atoms with van der Waals surface area (Å²) in [6.07, 6.45) is 0. The maximum absolute atomic E-state index is 5.19. The number of rotatable bonds is 8. The summed E-state index contributed by atoms with van der Waals surface area (Å²) >= 11 is 0. The van der Waals surface area contributed by atoms with Gasteiger partial charge in [0.05, 0.1) is 38.8 Å². The molecule has 0 aliphatic carbocycles. The van der Waals surface area contributed by atoms with E-state index >= 15 is 0 Å². The second kappa shape index (κ2) is 17.3. The molecule has 0 aliphatic rings. The molecule has 15 rings (SSSR count). The summed E-state index contributed by atoms with van der Waals surface area (Å²) in [5, 5.41) is 7.29. The number of hydrogen-bond acceptors (Lipinski definition) is 3. The standard InChI is InChI=1S/C69H44N6/c1-4-19-45(20-5-1)67-70-68(46-21-6-2-7-22-46)72-69(71-67)50-37-40-64(75-62-33-16-10-27-53(62)54-28-11-17-34-63(54)75)57(44-50)49-23-18-26-52(41-49)74-61-32-15-13-30-56(61)59-43-48(36-39-66(59)74)47-35-38-65-58(42-47)55-29-12-14-31-60(55)73(65)51-24-8-3-9-25-51/h1-44H. The molecule has 350 valence electrons. The first-order valence-corrected chi connectivity index (χ1v) is 25.4. The third kappa shape index (κ3) is 6.99. The van der Waals surface area contributed by atoms with Crippen molar-refractivity contribution >= 4 is 65.4 Å². The predicted molar refractivity (Wildman–Crippen MR) is 310 cm³/mol. The lowest BCUT2D eigenvalue weighted by Crippen LogP contribution is -2.02. The fourth-order valence-corrected chi connectivity index (χ4v) is 11.5. The topological polar surface area (TPSA) is 53.5 Å². The molecule has 0 amide bonds. The molecule has 0 saturated carbocycles. The Bertz CT molecular complexity index is 4590. The average Bonchev–Trinajstić information content (AvgIpc) is 4.16. The van der Waals surface area contributed by atoms with E-state index in [9.17, 15) is 0 Å². The van der Waals surface area contributed by atoms with Crippen LogP contribution in [0.1, 0.15) is 0 Å². The maximum Gasteiger partial charge on any atom is 0.164 e. The Balaban J connectivity index is 0.911. The Morgan fingerprint density at radius 2 is 0.587 bits per heavy atom. The molecular formula is C69H44N6. The summed E-state index contributed by atoms with van der Waals surface area (Å²) in [6, 6.07) is 95.4. The molecule has 4 aromatic heterocycles. The minimum Gasteiger partial charge on any atom is -0.309 e. The van der Waals surface area contributed by atoms with Gasteiger partial charge in [-0.1, -0.05) is 176 Å². The van der Waals surface area contributed by atoms with Crippen LogP contribution in [0.15, 0.2) is 267 Å². The quantitative estimate of drug-likeness (QED) is 0.152. The first-order chi connectivity index (χ1) is 37.2. The summed E-state index contributed by atoms with van der Waals surface area (Å²) in [6.45, 7) is 0. The summed E-state index contributed by atoms with van der Waals surface area (Å²) in [5.74, 6) is 1.86. The van der Waals surface area contributed by atoms with Gasteiger partial charge in [0.1, 0.15) is 0 Å². The Labute approximate surface area is 432 Å². The molecule has 0 saturated heterocycles. The van der Waals surface area contributed by atoms with Gasteiger partial charge in [0.15, 0.2) is 17.5 Å². The van der Waals surface area contributed by atoms with Crippen molar-refractivity contribution in [2.24, 2.45) is 0 Å². The van der Waals surface area contributed by atoms with Crippen molar-refractivity contribution in [1.29, 1.82) is 0 Å². The average molecular weight is 957 g/mol. The lowest BCUT2D eigenvalue weighted by atomic mass is 9.99. The minimum absolute atomic E-state index is 0.605. The molecule has 0 radical (unpaired) electrons. The van der Waals surface area contributed by atoms with Crippen LogP contribution in [0.5, 0.6) is 0 Å². The highest BCUT2D eigenvalue weighted by Gasteiger charge is 2.21. The zero-order valence-electron chi connectivity index (χ0n) is 40.6. The zero-order valence-corrected chi connectivity index (χ0v) is 40.6. The van der Waals surface area contributed by atoms with Crippen molar-refractivity contribution in [3.63, 3.8) is 0 Å². The van der Waals surface area contributed by atoms with Crippen molar-refractivity contribution < 1.29 is 0 Å². The first-order valence-electron chi connectivity index (χ1n) is 25.4. The number of fused-ring (bicyclic) bond motifs is 9. The van der Waals surface area contributed by atoms with Crippen LogP contribution in [0.25, 0.3) is 139 Å². The minimum atomic E-state index is 0.605. The smallest absolute Gasteiger partial charge is 0.164 e. The molecule has 6 nitrogen and oxygen atoms in total. The number of para-hydroxylation sites is 5. The number of benzene rings is 11. The third-order valence-corrected chi connectivity index (χ3v) is 14.9. The van der Waals surface area contributed by atoms with Crippen LogP contribution < -0.4 is 0 Å². The van der Waals surface area contributed by atoms with Crippen LogP contribution in [-0.2, 0) is 0 Å². The summed E-state index contributed by atoms with van der Waals surface area (Å²) < 4.78 is 7.20. The van der Waals surface area contributed by atoms with Crippen LogP contribution in [0.3, 0.4) is 0 Å². The van der Waals surface area contributed by atoms with Gasteiger partial charge >= 0.3 is 0 Å². The molecule has 6 heteroatoms. The van der Waals surface area contributed by atoms with E-state index in [1.165, 1.54) is 54.5 Å². The van der Waals surface area contributed by atoms with Crippen molar-refractivity contribution in [2.45, 2.75) is 0 Å². The molecule has 0 spiro atoms. The normalized spacial score (nSPS) is 11.7. The van der Waals surface area contributed by atoms with Gasteiger partial charge in [-0.15, -0.1) is 0 Å². The fourth-order valence-electron chi connectivity index (χ4n) is 11.5. The molecule has 15 aromatic rings. The lowest BCUT2D eigenvalue weighted by Gasteiger charge is -2.17. The molecule has 0 bridgehead atoms. The molecular weight excluding hydrogens is 913 g/mol. The Kier molecular flexibility index (Phi) is 9.78. The van der Waals surface area contributed by atoms with Gasteiger partial charge in [-0.05, 0) is 108 Å². The van der Waals surface area contributed by atoms with E-state index in [1.807, 2.05) is 36.4 Å². The van der Waals surface area contributed by atoms with Crippen LogP contribution >= 0.6 is 0 Å². The van der Waals surface area contributed by atoms with Crippen LogP contribution in [-0.4, -0.2) is 28.7 Å². The molecule has 0 aliphatic heterocycles. The van der Waals surface area contributed by atoms with Gasteiger partial charge in [-0.2, -0.15) is 0 Å². The fraction of sp³-hybridized carbons (Fsp3) is 0. The summed E-state index contributed by atoms with van der Waals surface area (Å²) in [5.41, 5.74) is 17.5. The van der Waals surface area contributed by atoms with E-state index in [0.717, 1.165) is 66.9 Å². The molecule has 4 heterocycles. The largest absolute Gasteiger partial charge is 0.309 e. The Hall–Kier alpha value is -10.2. The van der Waals surface area contributed by atoms with Gasteiger partial charge in [-0.3, -0.25) is 0 Å². The maximum atomic E-state index is 5.19. The van der Waals surface area contributed by atoms with Crippen molar-refractivity contribution in [3.8, 4) is 73.5 Å². The Morgan fingerprint density at radius 1 is 0.213 bits per heavy atom. The second-order valence-corrected chi connectivity index (χ2v) is 19.2. The van der Waals surface area contributed by atoms with Crippen LogP contribution in [0.2, 0.25) is 0 Å². The SMILES string of the molecule is c1ccc(-c2nc(-c3ccccc3)nc(-c3ccc(-n4c5ccccc5c5ccccc54)c(-c4cccc(-n5c6ccccc6c6cc(-c7ccc8c(c7)c7ccccc7n8-c7ccccc7)ccc65)c4)c3)n2)cc1. The highest BCUT2D eigenvalue weighted by molar-refractivity contribution is 6.13. The van der Waals surface area contributed by atoms with Gasteiger partial charge in [-0.25, -0.2) is 15.0 Å². The summed E-state index contributed by atoms with van der Waals surface area (Å²) in [7, 11) is 0. The number of aromatic nitrogens is 6. The number of nitrogens with zero attached hydrogens (tertiary/aromatic N) is 6. The van der Waals surface area contributed by atoms with Crippen molar-refractivity contribution in [1.82, 2.24) is 28.7 Å². The Morgan fingerprint density at radius 3 is 1.11 bits per heavy atom.